The van der Waals surface area contributed by atoms with Gasteiger partial charge in [0.15, 0.2) is 0 Å². The summed E-state index contributed by atoms with van der Waals surface area (Å²) in [5, 5.41) is 17.4. The second-order valence-electron chi connectivity index (χ2n) is 6.99. The maximum atomic E-state index is 10.7. The van der Waals surface area contributed by atoms with Crippen LogP contribution in [0.15, 0.2) is 54.6 Å². The van der Waals surface area contributed by atoms with E-state index in [2.05, 4.69) is 4.90 Å². The Morgan fingerprint density at radius 2 is 1.52 bits per heavy atom. The molecule has 0 fully saturated rings. The van der Waals surface area contributed by atoms with Crippen molar-refractivity contribution in [1.29, 1.82) is 0 Å². The van der Waals surface area contributed by atoms with E-state index in [0.29, 0.717) is 24.6 Å². The van der Waals surface area contributed by atoms with Crippen LogP contribution < -0.4 is 4.90 Å². The maximum absolute atomic E-state index is 10.7. The number of hydrogen-bond acceptors (Lipinski definition) is 3. The Morgan fingerprint density at radius 1 is 0.935 bits per heavy atom. The van der Waals surface area contributed by atoms with Gasteiger partial charge in [0.05, 0.1) is 5.92 Å². The Bertz CT molecular complexity index is 763. The molecule has 0 saturated carbocycles. The van der Waals surface area contributed by atoms with E-state index in [-0.39, 0.29) is 12.3 Å². The number of carboxylic acid groups (broad SMARTS) is 2. The van der Waals surface area contributed by atoms with Gasteiger partial charge in [0.25, 0.3) is 0 Å². The zero-order chi connectivity index (χ0) is 23.1. The van der Waals surface area contributed by atoms with Gasteiger partial charge in [-0.15, -0.1) is 23.2 Å². The van der Waals surface area contributed by atoms with Crippen molar-refractivity contribution in [2.75, 3.05) is 29.7 Å². The first-order chi connectivity index (χ1) is 14.9. The molecule has 0 bridgehead atoms. The number of rotatable bonds is 12. The van der Waals surface area contributed by atoms with Crippen molar-refractivity contribution in [1.82, 2.24) is 0 Å². The quantitative estimate of drug-likeness (QED) is 0.394. The molecule has 0 radical (unpaired) electrons. The first kappa shape index (κ1) is 26.8. The number of benzene rings is 2. The Kier molecular flexibility index (Phi) is 13.4. The van der Waals surface area contributed by atoms with Gasteiger partial charge < -0.3 is 15.1 Å². The predicted molar refractivity (Wildman–Crippen MR) is 128 cm³/mol. The van der Waals surface area contributed by atoms with Gasteiger partial charge in [-0.1, -0.05) is 49.4 Å². The first-order valence-corrected chi connectivity index (χ1v) is 11.4. The number of anilines is 1. The molecule has 0 spiro atoms. The standard InChI is InChI=1S/C14H19Cl2NO2.C10H12O2/c15-8-10-17(11-9-16)13-6-4-12(5-7-13)2-1-3-14(18)19;1-2-9(10(11)12)8-6-4-3-5-7-8/h4-7H,1-3,8-11H2,(H,18,19);3-7,9H,2H2,1H3,(H,11,12). The molecule has 5 nitrogen and oxygen atoms in total. The van der Waals surface area contributed by atoms with Gasteiger partial charge in [0, 0.05) is 37.0 Å². The lowest BCUT2D eigenvalue weighted by molar-refractivity contribution is -0.139. The normalized spacial score (nSPS) is 11.2. The van der Waals surface area contributed by atoms with E-state index in [9.17, 15) is 9.59 Å². The topological polar surface area (TPSA) is 77.8 Å². The molecular formula is C24H31Cl2NO4. The lowest BCUT2D eigenvalue weighted by atomic mass is 9.97. The third kappa shape index (κ3) is 10.6. The Morgan fingerprint density at radius 3 is 1.97 bits per heavy atom. The predicted octanol–water partition coefficient (Wildman–Crippen LogP) is 5.64. The number of hydrogen-bond donors (Lipinski definition) is 2. The Balaban J connectivity index is 0.000000343. The summed E-state index contributed by atoms with van der Waals surface area (Å²) in [5.74, 6) is -0.712. The van der Waals surface area contributed by atoms with E-state index in [1.807, 2.05) is 61.5 Å². The molecule has 1 atom stereocenters. The summed E-state index contributed by atoms with van der Waals surface area (Å²) in [7, 11) is 0. The number of halogens is 2. The van der Waals surface area contributed by atoms with Gasteiger partial charge in [-0.3, -0.25) is 9.59 Å². The molecule has 2 N–H and O–H groups in total. The van der Waals surface area contributed by atoms with Crippen LogP contribution in [0.5, 0.6) is 0 Å². The highest BCUT2D eigenvalue weighted by molar-refractivity contribution is 6.18. The largest absolute Gasteiger partial charge is 0.481 e. The van der Waals surface area contributed by atoms with Crippen LogP contribution in [-0.2, 0) is 16.0 Å². The van der Waals surface area contributed by atoms with Crippen molar-refractivity contribution >= 4 is 40.8 Å². The molecule has 0 saturated heterocycles. The number of nitrogens with zero attached hydrogens (tertiary/aromatic N) is 1. The average molecular weight is 468 g/mol. The number of carboxylic acids is 2. The highest BCUT2D eigenvalue weighted by Crippen LogP contribution is 2.19. The van der Waals surface area contributed by atoms with Gasteiger partial charge >= 0.3 is 11.9 Å². The first-order valence-electron chi connectivity index (χ1n) is 10.4. The van der Waals surface area contributed by atoms with E-state index in [1.165, 1.54) is 0 Å². The molecular weight excluding hydrogens is 437 g/mol. The minimum absolute atomic E-state index is 0.215. The fraction of sp³-hybridized carbons (Fsp3) is 0.417. The molecule has 0 heterocycles. The summed E-state index contributed by atoms with van der Waals surface area (Å²) in [5.41, 5.74) is 3.14. The van der Waals surface area contributed by atoms with Crippen LogP contribution in [0.1, 0.15) is 43.2 Å². The third-order valence-electron chi connectivity index (χ3n) is 4.77. The summed E-state index contributed by atoms with van der Waals surface area (Å²) >= 11 is 11.5. The van der Waals surface area contributed by atoms with Gasteiger partial charge in [-0.05, 0) is 42.5 Å². The average Bonchev–Trinajstić information content (AvgIpc) is 2.75. The second kappa shape index (κ2) is 15.5. The van der Waals surface area contributed by atoms with Gasteiger partial charge in [-0.25, -0.2) is 0 Å². The zero-order valence-corrected chi connectivity index (χ0v) is 19.4. The molecule has 2 aromatic rings. The van der Waals surface area contributed by atoms with E-state index in [1.54, 1.807) is 0 Å². The lowest BCUT2D eigenvalue weighted by Crippen LogP contribution is -2.27. The molecule has 7 heteroatoms. The van der Waals surface area contributed by atoms with Crippen LogP contribution in [0, 0.1) is 0 Å². The van der Waals surface area contributed by atoms with E-state index < -0.39 is 11.9 Å². The van der Waals surface area contributed by atoms with Crippen molar-refractivity contribution in [3.8, 4) is 0 Å². The summed E-state index contributed by atoms with van der Waals surface area (Å²) in [6, 6.07) is 17.5. The van der Waals surface area contributed by atoms with Gasteiger partial charge in [0.2, 0.25) is 0 Å². The van der Waals surface area contributed by atoms with Crippen molar-refractivity contribution < 1.29 is 19.8 Å². The highest BCUT2D eigenvalue weighted by atomic mass is 35.5. The van der Waals surface area contributed by atoms with Crippen molar-refractivity contribution in [3.63, 3.8) is 0 Å². The number of aryl methyl sites for hydroxylation is 1. The summed E-state index contributed by atoms with van der Waals surface area (Å²) in [6.07, 6.45) is 2.31. The van der Waals surface area contributed by atoms with E-state index in [4.69, 9.17) is 33.4 Å². The molecule has 0 amide bonds. The number of aliphatic carboxylic acids is 2. The van der Waals surface area contributed by atoms with Crippen LogP contribution >= 0.6 is 23.2 Å². The minimum atomic E-state index is -0.747. The fourth-order valence-corrected chi connectivity index (χ4v) is 3.54. The molecule has 0 aliphatic carbocycles. The van der Waals surface area contributed by atoms with Crippen LogP contribution in [0.25, 0.3) is 0 Å². The monoisotopic (exact) mass is 467 g/mol. The number of carbonyl (C=O) groups is 2. The van der Waals surface area contributed by atoms with Crippen molar-refractivity contribution in [2.45, 2.75) is 38.5 Å². The van der Waals surface area contributed by atoms with Crippen LogP contribution in [0.2, 0.25) is 0 Å². The highest BCUT2D eigenvalue weighted by Gasteiger charge is 2.16. The molecule has 2 rings (SSSR count). The lowest BCUT2D eigenvalue weighted by Gasteiger charge is -2.23. The summed E-state index contributed by atoms with van der Waals surface area (Å²) < 4.78 is 0. The SMILES string of the molecule is CCC(C(=O)O)c1ccccc1.O=C(O)CCCc1ccc(N(CCCl)CCCl)cc1. The molecule has 2 aromatic carbocycles. The molecule has 0 aliphatic rings. The minimum Gasteiger partial charge on any atom is -0.481 e. The van der Waals surface area contributed by atoms with Crippen LogP contribution in [0.4, 0.5) is 5.69 Å². The Hall–Kier alpha value is -2.24. The van der Waals surface area contributed by atoms with Gasteiger partial charge in [-0.2, -0.15) is 0 Å². The molecule has 1 unspecified atom stereocenters. The van der Waals surface area contributed by atoms with Crippen molar-refractivity contribution in [2.24, 2.45) is 0 Å². The van der Waals surface area contributed by atoms with Crippen LogP contribution in [0.3, 0.4) is 0 Å². The number of alkyl halides is 2. The van der Waals surface area contributed by atoms with E-state index in [0.717, 1.165) is 36.3 Å². The summed E-state index contributed by atoms with van der Waals surface area (Å²) in [6.45, 7) is 3.42. The Labute approximate surface area is 194 Å². The molecule has 0 aliphatic heterocycles. The van der Waals surface area contributed by atoms with E-state index >= 15 is 0 Å². The maximum Gasteiger partial charge on any atom is 0.310 e. The zero-order valence-electron chi connectivity index (χ0n) is 17.8. The molecule has 0 aromatic heterocycles. The second-order valence-corrected chi connectivity index (χ2v) is 7.74. The summed E-state index contributed by atoms with van der Waals surface area (Å²) in [4.78, 5) is 23.3. The van der Waals surface area contributed by atoms with Crippen LogP contribution in [-0.4, -0.2) is 47.0 Å². The fourth-order valence-electron chi connectivity index (χ4n) is 3.13. The third-order valence-corrected chi connectivity index (χ3v) is 5.11. The molecule has 170 valence electrons. The van der Waals surface area contributed by atoms with Gasteiger partial charge in [0.1, 0.15) is 0 Å². The smallest absolute Gasteiger partial charge is 0.310 e. The molecule has 31 heavy (non-hydrogen) atoms. The van der Waals surface area contributed by atoms with Crippen molar-refractivity contribution in [3.05, 3.63) is 65.7 Å².